The molecule has 1 saturated heterocycles. The second kappa shape index (κ2) is 10.8. The monoisotopic (exact) mass is 417 g/mol. The summed E-state index contributed by atoms with van der Waals surface area (Å²) < 4.78 is 7.67. The molecule has 0 spiro atoms. The van der Waals surface area contributed by atoms with E-state index in [-0.39, 0.29) is 0 Å². The molecule has 0 saturated carbocycles. The maximum atomic E-state index is 9.55. The van der Waals surface area contributed by atoms with Gasteiger partial charge in [0, 0.05) is 31.0 Å². The Balaban J connectivity index is 0.000000343. The Hall–Kier alpha value is -2.87. The first-order valence-electron chi connectivity index (χ1n) is 10.1. The Morgan fingerprint density at radius 1 is 1.17 bits per heavy atom. The lowest BCUT2D eigenvalue weighted by atomic mass is 9.75. The minimum Gasteiger partial charge on any atom is -0.478 e. The maximum absolute atomic E-state index is 9.55. The zero-order valence-corrected chi connectivity index (χ0v) is 17.8. The van der Waals surface area contributed by atoms with Crippen LogP contribution in [0.1, 0.15) is 33.6 Å². The summed E-state index contributed by atoms with van der Waals surface area (Å²) in [5, 5.41) is 20.0. The topological polar surface area (TPSA) is 104 Å². The lowest BCUT2D eigenvalue weighted by Gasteiger charge is -2.38. The third-order valence-electron chi connectivity index (χ3n) is 5.19. The molecule has 3 heterocycles. The molecule has 0 aliphatic carbocycles. The number of hydrogen-bond acceptors (Lipinski definition) is 5. The van der Waals surface area contributed by atoms with Gasteiger partial charge in [0.25, 0.3) is 0 Å². The number of aromatic nitrogens is 2. The number of likely N-dealkylation sites (tertiary alicyclic amines) is 1. The van der Waals surface area contributed by atoms with E-state index in [4.69, 9.17) is 14.9 Å². The third-order valence-corrected chi connectivity index (χ3v) is 5.19. The number of piperidine rings is 1. The number of rotatable bonds is 6. The van der Waals surface area contributed by atoms with Crippen molar-refractivity contribution in [1.82, 2.24) is 14.5 Å². The Morgan fingerprint density at radius 2 is 1.80 bits per heavy atom. The van der Waals surface area contributed by atoms with Crippen molar-refractivity contribution in [2.24, 2.45) is 11.3 Å². The van der Waals surface area contributed by atoms with Gasteiger partial charge in [-0.05, 0) is 49.4 Å². The number of carboxylic acid groups (broad SMARTS) is 2. The number of nitrogens with zero attached hydrogens (tertiary/aromatic N) is 3. The van der Waals surface area contributed by atoms with Crippen LogP contribution in [0.25, 0.3) is 5.52 Å². The highest BCUT2D eigenvalue weighted by Gasteiger charge is 2.28. The number of aliphatic carboxylic acids is 2. The quantitative estimate of drug-likeness (QED) is 0.696. The van der Waals surface area contributed by atoms with Gasteiger partial charge < -0.3 is 14.9 Å². The van der Waals surface area contributed by atoms with Crippen molar-refractivity contribution in [3.63, 3.8) is 0 Å². The second-order valence-electron chi connectivity index (χ2n) is 8.39. The first-order chi connectivity index (χ1) is 14.1. The molecule has 2 aromatic heterocycles. The third kappa shape index (κ3) is 7.87. The van der Waals surface area contributed by atoms with Crippen LogP contribution in [0.4, 0.5) is 0 Å². The Morgan fingerprint density at radius 3 is 2.33 bits per heavy atom. The molecular weight excluding hydrogens is 386 g/mol. The first kappa shape index (κ1) is 23.4. The van der Waals surface area contributed by atoms with Crippen molar-refractivity contribution in [1.29, 1.82) is 0 Å². The van der Waals surface area contributed by atoms with E-state index >= 15 is 0 Å². The summed E-state index contributed by atoms with van der Waals surface area (Å²) in [6, 6.07) is 8.02. The predicted molar refractivity (Wildman–Crippen MR) is 114 cm³/mol. The smallest absolute Gasteiger partial charge is 0.328 e. The predicted octanol–water partition coefficient (Wildman–Crippen LogP) is 3.18. The summed E-state index contributed by atoms with van der Waals surface area (Å²) in [6.07, 6.45) is 5.67. The van der Waals surface area contributed by atoms with E-state index in [1.807, 2.05) is 35.0 Å². The number of hydrogen-bond donors (Lipinski definition) is 2. The second-order valence-corrected chi connectivity index (χ2v) is 8.39. The number of carboxylic acids is 2. The maximum Gasteiger partial charge on any atom is 0.328 e. The van der Waals surface area contributed by atoms with Gasteiger partial charge in [-0.25, -0.2) is 14.1 Å². The molecule has 1 fully saturated rings. The fourth-order valence-electron chi connectivity index (χ4n) is 3.43. The SMILES string of the molecule is CC(C)(C)C1CCN(CCOc2cc3ccccn3n2)CC1.O=C(O)C=CC(=O)O. The fourth-order valence-corrected chi connectivity index (χ4v) is 3.43. The summed E-state index contributed by atoms with van der Waals surface area (Å²) in [5.74, 6) is -0.946. The highest BCUT2D eigenvalue weighted by atomic mass is 16.5. The standard InChI is InChI=1S/C18H27N3O.C4H4O4/c1-18(2,3)15-7-10-20(11-8-15)12-13-22-17-14-16-6-4-5-9-21(16)19-17;5-3(6)1-2-4(7)8/h4-6,9,14-15H,7-8,10-13H2,1-3H3;1-2H,(H,5,6)(H,7,8). The highest BCUT2D eigenvalue weighted by molar-refractivity contribution is 5.89. The van der Waals surface area contributed by atoms with E-state index in [2.05, 4.69) is 30.8 Å². The van der Waals surface area contributed by atoms with Gasteiger partial charge in [-0.15, -0.1) is 5.10 Å². The van der Waals surface area contributed by atoms with Crippen molar-refractivity contribution in [2.45, 2.75) is 33.6 Å². The van der Waals surface area contributed by atoms with Crippen LogP contribution in [0.15, 0.2) is 42.6 Å². The fraction of sp³-hybridized carbons (Fsp3) is 0.500. The summed E-state index contributed by atoms with van der Waals surface area (Å²) in [6.45, 7) is 11.2. The van der Waals surface area contributed by atoms with Crippen molar-refractivity contribution in [3.05, 3.63) is 42.6 Å². The number of ether oxygens (including phenoxy) is 1. The first-order valence-corrected chi connectivity index (χ1v) is 10.1. The molecule has 30 heavy (non-hydrogen) atoms. The van der Waals surface area contributed by atoms with Gasteiger partial charge in [0.15, 0.2) is 0 Å². The van der Waals surface area contributed by atoms with Crippen molar-refractivity contribution in [3.8, 4) is 5.88 Å². The molecule has 3 rings (SSSR count). The zero-order valence-electron chi connectivity index (χ0n) is 17.8. The normalized spacial score (nSPS) is 15.7. The van der Waals surface area contributed by atoms with Crippen LogP contribution in [0, 0.1) is 11.3 Å². The van der Waals surface area contributed by atoms with Crippen molar-refractivity contribution >= 4 is 17.5 Å². The van der Waals surface area contributed by atoms with Gasteiger partial charge in [-0.3, -0.25) is 4.90 Å². The lowest BCUT2D eigenvalue weighted by Crippen LogP contribution is -2.39. The highest BCUT2D eigenvalue weighted by Crippen LogP contribution is 2.34. The summed E-state index contributed by atoms with van der Waals surface area (Å²) in [5.41, 5.74) is 1.52. The van der Waals surface area contributed by atoms with Crippen LogP contribution in [0.5, 0.6) is 5.88 Å². The van der Waals surface area contributed by atoms with E-state index in [9.17, 15) is 9.59 Å². The van der Waals surface area contributed by atoms with Crippen LogP contribution in [-0.4, -0.2) is 62.9 Å². The van der Waals surface area contributed by atoms with E-state index in [1.54, 1.807) is 0 Å². The van der Waals surface area contributed by atoms with Gasteiger partial charge >= 0.3 is 11.9 Å². The molecule has 1 aliphatic rings. The number of fused-ring (bicyclic) bond motifs is 1. The molecule has 164 valence electrons. The van der Waals surface area contributed by atoms with Crippen molar-refractivity contribution < 1.29 is 24.5 Å². The molecule has 0 amide bonds. The summed E-state index contributed by atoms with van der Waals surface area (Å²) >= 11 is 0. The average Bonchev–Trinajstić information content (AvgIpc) is 3.09. The molecule has 8 heteroatoms. The minimum atomic E-state index is -1.26. The van der Waals surface area contributed by atoms with Gasteiger partial charge in [0.05, 0.1) is 5.52 Å². The number of carbonyl (C=O) groups is 2. The molecule has 2 N–H and O–H groups in total. The van der Waals surface area contributed by atoms with Gasteiger partial charge in [-0.2, -0.15) is 0 Å². The molecule has 8 nitrogen and oxygen atoms in total. The lowest BCUT2D eigenvalue weighted by molar-refractivity contribution is -0.134. The Bertz CT molecular complexity index is 812. The van der Waals surface area contributed by atoms with E-state index < -0.39 is 11.9 Å². The molecule has 0 radical (unpaired) electrons. The Kier molecular flexibility index (Phi) is 8.41. The van der Waals surface area contributed by atoms with Crippen LogP contribution >= 0.6 is 0 Å². The van der Waals surface area contributed by atoms with E-state index in [0.717, 1.165) is 23.9 Å². The minimum absolute atomic E-state index is 0.444. The van der Waals surface area contributed by atoms with Crippen LogP contribution in [0.2, 0.25) is 0 Å². The van der Waals surface area contributed by atoms with Crippen LogP contribution in [0.3, 0.4) is 0 Å². The van der Waals surface area contributed by atoms with E-state index in [1.165, 1.54) is 25.9 Å². The van der Waals surface area contributed by atoms with Crippen LogP contribution < -0.4 is 4.74 Å². The molecule has 0 unspecified atom stereocenters. The van der Waals surface area contributed by atoms with Crippen LogP contribution in [-0.2, 0) is 9.59 Å². The number of pyridine rings is 1. The largest absolute Gasteiger partial charge is 0.478 e. The molecular formula is C22H31N3O5. The molecule has 0 bridgehead atoms. The van der Waals surface area contributed by atoms with Crippen molar-refractivity contribution in [2.75, 3.05) is 26.2 Å². The van der Waals surface area contributed by atoms with Gasteiger partial charge in [-0.1, -0.05) is 26.8 Å². The average molecular weight is 418 g/mol. The zero-order chi connectivity index (χ0) is 22.1. The summed E-state index contributed by atoms with van der Waals surface area (Å²) in [7, 11) is 0. The molecule has 0 aromatic carbocycles. The van der Waals surface area contributed by atoms with Gasteiger partial charge in [0.1, 0.15) is 6.61 Å². The Labute approximate surface area is 176 Å². The molecule has 0 atom stereocenters. The van der Waals surface area contributed by atoms with E-state index in [0.29, 0.717) is 24.2 Å². The molecule has 1 aliphatic heterocycles. The van der Waals surface area contributed by atoms with Gasteiger partial charge in [0.2, 0.25) is 5.88 Å². The molecule has 2 aromatic rings. The summed E-state index contributed by atoms with van der Waals surface area (Å²) in [4.78, 5) is 21.6.